The predicted octanol–water partition coefficient (Wildman–Crippen LogP) is 2.05. The van der Waals surface area contributed by atoms with Crippen LogP contribution in [-0.2, 0) is 14.3 Å². The van der Waals surface area contributed by atoms with Gasteiger partial charge in [-0.3, -0.25) is 9.59 Å². The molecule has 18 heavy (non-hydrogen) atoms. The number of hydrogen-bond acceptors (Lipinski definition) is 4. The maximum Gasteiger partial charge on any atom is 0.323 e. The number of ether oxygens (including phenoxy) is 1. The van der Waals surface area contributed by atoms with Gasteiger partial charge in [0.1, 0.15) is 0 Å². The summed E-state index contributed by atoms with van der Waals surface area (Å²) >= 11 is 0. The molecule has 0 aliphatic carbocycles. The standard InChI is InChI=1S/C14H15NO3/c1-8-6-4-5-7-11(8)15-9(2)12-13(16)10(3)18-14(12)17/h4-7,10,12,15H,2H2,1,3H3/t10-,12+/m0/s1. The Kier molecular flexibility index (Phi) is 3.19. The van der Waals surface area contributed by atoms with E-state index in [1.165, 1.54) is 0 Å². The molecular weight excluding hydrogens is 230 g/mol. The minimum absolute atomic E-state index is 0.244. The Bertz CT molecular complexity index is 522. The highest BCUT2D eigenvalue weighted by atomic mass is 16.6. The largest absolute Gasteiger partial charge is 0.454 e. The molecule has 94 valence electrons. The van der Waals surface area contributed by atoms with Gasteiger partial charge in [-0.05, 0) is 25.5 Å². The maximum atomic E-state index is 11.8. The van der Waals surface area contributed by atoms with Gasteiger partial charge in [-0.25, -0.2) is 0 Å². The summed E-state index contributed by atoms with van der Waals surface area (Å²) in [6.07, 6.45) is -0.682. The van der Waals surface area contributed by atoms with Crippen molar-refractivity contribution in [3.63, 3.8) is 0 Å². The lowest BCUT2D eigenvalue weighted by molar-refractivity contribution is -0.143. The number of ketones is 1. The Labute approximate surface area is 106 Å². The normalized spacial score (nSPS) is 22.8. The van der Waals surface area contributed by atoms with Gasteiger partial charge in [0.15, 0.2) is 17.8 Å². The number of nitrogens with one attached hydrogen (secondary N) is 1. The zero-order chi connectivity index (χ0) is 13.3. The molecule has 1 heterocycles. The lowest BCUT2D eigenvalue weighted by atomic mass is 10.0. The van der Waals surface area contributed by atoms with Gasteiger partial charge in [0.05, 0.1) is 0 Å². The smallest absolute Gasteiger partial charge is 0.323 e. The number of carbonyl (C=O) groups excluding carboxylic acids is 2. The molecule has 1 aromatic carbocycles. The van der Waals surface area contributed by atoms with Crippen LogP contribution in [0.2, 0.25) is 0 Å². The summed E-state index contributed by atoms with van der Waals surface area (Å²) in [5.41, 5.74) is 2.22. The number of para-hydroxylation sites is 1. The minimum atomic E-state index is -0.903. The number of hydrogen-bond donors (Lipinski definition) is 1. The number of aryl methyl sites for hydroxylation is 1. The van der Waals surface area contributed by atoms with Crippen LogP contribution in [0.4, 0.5) is 5.69 Å². The highest BCUT2D eigenvalue weighted by Gasteiger charge is 2.42. The molecular formula is C14H15NO3. The van der Waals surface area contributed by atoms with Crippen molar-refractivity contribution in [3.8, 4) is 0 Å². The average Bonchev–Trinajstić information content (AvgIpc) is 2.56. The van der Waals surface area contributed by atoms with Crippen LogP contribution in [0.15, 0.2) is 36.5 Å². The van der Waals surface area contributed by atoms with Gasteiger partial charge in [-0.15, -0.1) is 0 Å². The Hall–Kier alpha value is -2.10. The Morgan fingerprint density at radius 1 is 1.33 bits per heavy atom. The third kappa shape index (κ3) is 2.14. The monoisotopic (exact) mass is 245 g/mol. The Balaban J connectivity index is 2.16. The maximum absolute atomic E-state index is 11.8. The fraction of sp³-hybridized carbons (Fsp3) is 0.286. The lowest BCUT2D eigenvalue weighted by Crippen LogP contribution is -2.23. The summed E-state index contributed by atoms with van der Waals surface area (Å²) in [5.74, 6) is -1.68. The first-order valence-electron chi connectivity index (χ1n) is 5.76. The number of Topliss-reactive ketones (excluding diaryl/α,β-unsaturated/α-hetero) is 1. The number of rotatable bonds is 3. The van der Waals surface area contributed by atoms with Crippen LogP contribution in [0, 0.1) is 12.8 Å². The summed E-state index contributed by atoms with van der Waals surface area (Å²) < 4.78 is 4.89. The molecule has 0 bridgehead atoms. The molecule has 4 heteroatoms. The van der Waals surface area contributed by atoms with Gasteiger partial charge in [-0.1, -0.05) is 24.8 Å². The molecule has 1 saturated heterocycles. The second kappa shape index (κ2) is 4.64. The van der Waals surface area contributed by atoms with Crippen molar-refractivity contribution >= 4 is 17.4 Å². The van der Waals surface area contributed by atoms with Crippen molar-refractivity contribution in [3.05, 3.63) is 42.1 Å². The van der Waals surface area contributed by atoms with E-state index in [1.807, 2.05) is 31.2 Å². The van der Waals surface area contributed by atoms with E-state index in [1.54, 1.807) is 6.92 Å². The predicted molar refractivity (Wildman–Crippen MR) is 68.0 cm³/mol. The number of esters is 1. The molecule has 1 aliphatic heterocycles. The molecule has 2 rings (SSSR count). The first-order valence-corrected chi connectivity index (χ1v) is 5.76. The van der Waals surface area contributed by atoms with Crippen LogP contribution in [0.5, 0.6) is 0 Å². The molecule has 2 atom stereocenters. The lowest BCUT2D eigenvalue weighted by Gasteiger charge is -2.13. The van der Waals surface area contributed by atoms with E-state index in [9.17, 15) is 9.59 Å². The van der Waals surface area contributed by atoms with E-state index >= 15 is 0 Å². The van der Waals surface area contributed by atoms with E-state index in [0.29, 0.717) is 5.70 Å². The van der Waals surface area contributed by atoms with Gasteiger partial charge < -0.3 is 10.1 Å². The van der Waals surface area contributed by atoms with Crippen LogP contribution in [0.25, 0.3) is 0 Å². The fourth-order valence-electron chi connectivity index (χ4n) is 1.92. The SMILES string of the molecule is C=C(Nc1ccccc1C)[C@H]1C(=O)O[C@@H](C)C1=O. The zero-order valence-electron chi connectivity index (χ0n) is 10.4. The molecule has 0 aromatic heterocycles. The van der Waals surface area contributed by atoms with Crippen LogP contribution in [0.3, 0.4) is 0 Å². The van der Waals surface area contributed by atoms with Crippen LogP contribution >= 0.6 is 0 Å². The number of carbonyl (C=O) groups is 2. The van der Waals surface area contributed by atoms with Gasteiger partial charge >= 0.3 is 5.97 Å². The summed E-state index contributed by atoms with van der Waals surface area (Å²) in [6.45, 7) is 7.28. The number of anilines is 1. The molecule has 0 amide bonds. The van der Waals surface area contributed by atoms with Crippen molar-refractivity contribution in [2.24, 2.45) is 5.92 Å². The van der Waals surface area contributed by atoms with Crippen molar-refractivity contribution in [1.82, 2.24) is 0 Å². The van der Waals surface area contributed by atoms with Gasteiger partial charge in [0.2, 0.25) is 0 Å². The molecule has 1 aromatic rings. The molecule has 0 radical (unpaired) electrons. The topological polar surface area (TPSA) is 55.4 Å². The molecule has 1 fully saturated rings. The molecule has 4 nitrogen and oxygen atoms in total. The van der Waals surface area contributed by atoms with Crippen molar-refractivity contribution in [1.29, 1.82) is 0 Å². The summed E-state index contributed by atoms with van der Waals surface area (Å²) in [6, 6.07) is 7.60. The third-order valence-electron chi connectivity index (χ3n) is 3.00. The first kappa shape index (κ1) is 12.4. The third-order valence-corrected chi connectivity index (χ3v) is 3.00. The quantitative estimate of drug-likeness (QED) is 0.654. The Morgan fingerprint density at radius 3 is 2.56 bits per heavy atom. The highest BCUT2D eigenvalue weighted by Crippen LogP contribution is 2.25. The second-order valence-corrected chi connectivity index (χ2v) is 4.38. The fourth-order valence-corrected chi connectivity index (χ4v) is 1.92. The van der Waals surface area contributed by atoms with E-state index in [-0.39, 0.29) is 5.78 Å². The van der Waals surface area contributed by atoms with Gasteiger partial charge in [-0.2, -0.15) is 0 Å². The number of benzene rings is 1. The Morgan fingerprint density at radius 2 is 2.00 bits per heavy atom. The van der Waals surface area contributed by atoms with E-state index in [2.05, 4.69) is 11.9 Å². The molecule has 0 unspecified atom stereocenters. The molecule has 1 N–H and O–H groups in total. The second-order valence-electron chi connectivity index (χ2n) is 4.38. The summed E-state index contributed by atoms with van der Waals surface area (Å²) in [7, 11) is 0. The van der Waals surface area contributed by atoms with Crippen LogP contribution in [-0.4, -0.2) is 17.9 Å². The van der Waals surface area contributed by atoms with E-state index < -0.39 is 18.0 Å². The molecule has 0 spiro atoms. The summed E-state index contributed by atoms with van der Waals surface area (Å²) in [5, 5.41) is 3.02. The van der Waals surface area contributed by atoms with E-state index in [4.69, 9.17) is 4.74 Å². The average molecular weight is 245 g/mol. The van der Waals surface area contributed by atoms with Crippen molar-refractivity contribution in [2.75, 3.05) is 5.32 Å². The highest BCUT2D eigenvalue weighted by molar-refractivity contribution is 6.09. The van der Waals surface area contributed by atoms with E-state index in [0.717, 1.165) is 11.3 Å². The zero-order valence-corrected chi connectivity index (χ0v) is 10.4. The number of cyclic esters (lactones) is 1. The van der Waals surface area contributed by atoms with Gasteiger partial charge in [0, 0.05) is 11.4 Å². The summed E-state index contributed by atoms with van der Waals surface area (Å²) in [4.78, 5) is 23.4. The van der Waals surface area contributed by atoms with Crippen molar-refractivity contribution in [2.45, 2.75) is 20.0 Å². The van der Waals surface area contributed by atoms with Crippen molar-refractivity contribution < 1.29 is 14.3 Å². The van der Waals surface area contributed by atoms with Crippen LogP contribution < -0.4 is 5.32 Å². The minimum Gasteiger partial charge on any atom is -0.454 e. The first-order chi connectivity index (χ1) is 8.50. The van der Waals surface area contributed by atoms with Gasteiger partial charge in [0.25, 0.3) is 0 Å². The molecule has 1 aliphatic rings. The molecule has 0 saturated carbocycles. The van der Waals surface area contributed by atoms with Crippen LogP contribution in [0.1, 0.15) is 12.5 Å².